The average molecular weight is 407 g/mol. The van der Waals surface area contributed by atoms with Crippen LogP contribution in [-0.4, -0.2) is 51.9 Å². The summed E-state index contributed by atoms with van der Waals surface area (Å²) in [4.78, 5) is 12.5. The van der Waals surface area contributed by atoms with Crippen LogP contribution in [0.5, 0.6) is 0 Å². The van der Waals surface area contributed by atoms with Gasteiger partial charge in [-0.3, -0.25) is 4.79 Å². The van der Waals surface area contributed by atoms with Gasteiger partial charge in [0, 0.05) is 32.1 Å². The molecule has 1 rings (SSSR count). The van der Waals surface area contributed by atoms with E-state index < -0.39 is 10.0 Å². The van der Waals surface area contributed by atoms with Crippen molar-refractivity contribution in [3.8, 4) is 0 Å². The zero-order valence-corrected chi connectivity index (χ0v) is 17.8. The van der Waals surface area contributed by atoms with Crippen LogP contribution in [0.3, 0.4) is 0 Å². The molecule has 0 saturated carbocycles. The first kappa shape index (κ1) is 24.7. The highest BCUT2D eigenvalue weighted by Crippen LogP contribution is 2.27. The van der Waals surface area contributed by atoms with Gasteiger partial charge in [0.2, 0.25) is 15.9 Å². The van der Waals surface area contributed by atoms with Gasteiger partial charge in [-0.15, -0.1) is 12.4 Å². The van der Waals surface area contributed by atoms with Crippen molar-refractivity contribution in [2.75, 3.05) is 43.9 Å². The third-order valence-corrected chi connectivity index (χ3v) is 5.96. The van der Waals surface area contributed by atoms with Gasteiger partial charge in [-0.2, -0.15) is 4.31 Å². The Hall–Kier alpha value is -1.35. The van der Waals surface area contributed by atoms with E-state index in [1.807, 2.05) is 13.8 Å². The second kappa shape index (κ2) is 11.4. The number of halogens is 1. The smallest absolute Gasteiger partial charge is 0.243 e. The monoisotopic (exact) mass is 406 g/mol. The molecule has 0 aliphatic carbocycles. The molecule has 0 heterocycles. The Morgan fingerprint density at radius 2 is 1.77 bits per heavy atom. The number of nitrogens with one attached hydrogen (secondary N) is 3. The topological polar surface area (TPSA) is 90.5 Å². The van der Waals surface area contributed by atoms with Crippen LogP contribution >= 0.6 is 12.4 Å². The Morgan fingerprint density at radius 1 is 1.15 bits per heavy atom. The molecular formula is C17H31ClN4O3S. The maximum atomic E-state index is 12.7. The van der Waals surface area contributed by atoms with E-state index in [0.717, 1.165) is 0 Å². The number of nitrogens with zero attached hydrogens (tertiary/aromatic N) is 1. The van der Waals surface area contributed by atoms with E-state index in [2.05, 4.69) is 16.0 Å². The van der Waals surface area contributed by atoms with Crippen molar-refractivity contribution in [3.05, 3.63) is 18.2 Å². The van der Waals surface area contributed by atoms with Crippen molar-refractivity contribution in [2.45, 2.75) is 32.6 Å². The minimum Gasteiger partial charge on any atom is -0.384 e. The Morgan fingerprint density at radius 3 is 2.27 bits per heavy atom. The summed E-state index contributed by atoms with van der Waals surface area (Å²) >= 11 is 0. The standard InChI is InChI=1S/C17H30N4O3S.ClH/c1-6-19-15-10-9-14(25(23,24)21(7-2)8-3)11-16(15)20-17(22)13(4)12-18-5;/h9-11,13,18-19H,6-8,12H2,1-5H3,(H,20,22);1H. The van der Waals surface area contributed by atoms with Crippen molar-refractivity contribution < 1.29 is 13.2 Å². The third kappa shape index (κ3) is 6.12. The minimum atomic E-state index is -3.58. The van der Waals surface area contributed by atoms with Gasteiger partial charge < -0.3 is 16.0 Å². The highest BCUT2D eigenvalue weighted by molar-refractivity contribution is 7.89. The second-order valence-electron chi connectivity index (χ2n) is 5.78. The quantitative estimate of drug-likeness (QED) is 0.555. The molecule has 26 heavy (non-hydrogen) atoms. The van der Waals surface area contributed by atoms with E-state index in [1.54, 1.807) is 33.0 Å². The fourth-order valence-corrected chi connectivity index (χ4v) is 3.98. The first-order chi connectivity index (χ1) is 11.8. The van der Waals surface area contributed by atoms with Gasteiger partial charge in [-0.25, -0.2) is 8.42 Å². The van der Waals surface area contributed by atoms with Crippen LogP contribution in [0.4, 0.5) is 11.4 Å². The van der Waals surface area contributed by atoms with Crippen molar-refractivity contribution >= 4 is 39.7 Å². The van der Waals surface area contributed by atoms with E-state index in [9.17, 15) is 13.2 Å². The second-order valence-corrected chi connectivity index (χ2v) is 7.71. The van der Waals surface area contributed by atoms with E-state index in [-0.39, 0.29) is 29.1 Å². The van der Waals surface area contributed by atoms with E-state index >= 15 is 0 Å². The molecule has 1 aromatic carbocycles. The van der Waals surface area contributed by atoms with E-state index in [4.69, 9.17) is 0 Å². The fraction of sp³-hybridized carbons (Fsp3) is 0.588. The lowest BCUT2D eigenvalue weighted by Gasteiger charge is -2.20. The van der Waals surface area contributed by atoms with Crippen LogP contribution in [0.2, 0.25) is 0 Å². The van der Waals surface area contributed by atoms with E-state index in [0.29, 0.717) is 37.6 Å². The van der Waals surface area contributed by atoms with Gasteiger partial charge in [0.1, 0.15) is 0 Å². The first-order valence-electron chi connectivity index (χ1n) is 8.65. The van der Waals surface area contributed by atoms with Crippen molar-refractivity contribution in [1.82, 2.24) is 9.62 Å². The van der Waals surface area contributed by atoms with Gasteiger partial charge in [0.05, 0.1) is 16.3 Å². The summed E-state index contributed by atoms with van der Waals surface area (Å²) in [6.07, 6.45) is 0. The molecular weight excluding hydrogens is 376 g/mol. The Balaban J connectivity index is 0.00000625. The molecule has 9 heteroatoms. The summed E-state index contributed by atoms with van der Waals surface area (Å²) in [6.45, 7) is 9.36. The molecule has 3 N–H and O–H groups in total. The highest BCUT2D eigenvalue weighted by Gasteiger charge is 2.23. The normalized spacial score (nSPS) is 12.4. The molecule has 0 spiro atoms. The molecule has 1 amide bonds. The number of sulfonamides is 1. The summed E-state index contributed by atoms with van der Waals surface area (Å²) in [6, 6.07) is 4.78. The summed E-state index contributed by atoms with van der Waals surface area (Å²) in [5.74, 6) is -0.395. The van der Waals surface area contributed by atoms with Crippen LogP contribution in [-0.2, 0) is 14.8 Å². The number of benzene rings is 1. The number of anilines is 2. The number of carbonyl (C=O) groups excluding carboxylic acids is 1. The SMILES string of the molecule is CCNc1ccc(S(=O)(=O)N(CC)CC)cc1NC(=O)C(C)CNC.Cl. The molecule has 0 fully saturated rings. The third-order valence-electron chi connectivity index (χ3n) is 3.92. The predicted octanol–water partition coefficient (Wildman–Crippen LogP) is 2.36. The lowest BCUT2D eigenvalue weighted by Crippen LogP contribution is -2.31. The Bertz CT molecular complexity index is 679. The first-order valence-corrected chi connectivity index (χ1v) is 10.1. The molecule has 0 aliphatic heterocycles. The molecule has 1 aromatic rings. The molecule has 0 saturated heterocycles. The zero-order valence-electron chi connectivity index (χ0n) is 16.1. The maximum absolute atomic E-state index is 12.7. The van der Waals surface area contributed by atoms with Crippen molar-refractivity contribution in [2.24, 2.45) is 5.92 Å². The lowest BCUT2D eigenvalue weighted by atomic mass is 10.1. The maximum Gasteiger partial charge on any atom is 0.243 e. The van der Waals surface area contributed by atoms with E-state index in [1.165, 1.54) is 10.4 Å². The number of hydrogen-bond donors (Lipinski definition) is 3. The summed E-state index contributed by atoms with van der Waals surface area (Å²) < 4.78 is 26.8. The molecule has 7 nitrogen and oxygen atoms in total. The van der Waals surface area contributed by atoms with Gasteiger partial charge >= 0.3 is 0 Å². The Kier molecular flexibility index (Phi) is 10.8. The molecule has 1 unspecified atom stereocenters. The van der Waals surface area contributed by atoms with Gasteiger partial charge in [-0.05, 0) is 32.2 Å². The molecule has 0 radical (unpaired) electrons. The molecule has 0 aliphatic rings. The summed E-state index contributed by atoms with van der Waals surface area (Å²) in [5, 5.41) is 8.95. The summed E-state index contributed by atoms with van der Waals surface area (Å²) in [5.41, 5.74) is 1.18. The predicted molar refractivity (Wildman–Crippen MR) is 110 cm³/mol. The highest BCUT2D eigenvalue weighted by atomic mass is 35.5. The van der Waals surface area contributed by atoms with Crippen LogP contribution in [0.25, 0.3) is 0 Å². The van der Waals surface area contributed by atoms with Crippen LogP contribution in [0, 0.1) is 5.92 Å². The van der Waals surface area contributed by atoms with Gasteiger partial charge in [0.25, 0.3) is 0 Å². The molecule has 1 atom stereocenters. The number of carbonyl (C=O) groups is 1. The number of rotatable bonds is 10. The number of amides is 1. The molecule has 0 bridgehead atoms. The van der Waals surface area contributed by atoms with Crippen LogP contribution in [0.1, 0.15) is 27.7 Å². The zero-order chi connectivity index (χ0) is 19.0. The molecule has 150 valence electrons. The lowest BCUT2D eigenvalue weighted by molar-refractivity contribution is -0.119. The van der Waals surface area contributed by atoms with Crippen LogP contribution in [0.15, 0.2) is 23.1 Å². The fourth-order valence-electron chi connectivity index (χ4n) is 2.50. The van der Waals surface area contributed by atoms with Crippen molar-refractivity contribution in [1.29, 1.82) is 0 Å². The van der Waals surface area contributed by atoms with Crippen LogP contribution < -0.4 is 16.0 Å². The average Bonchev–Trinajstić information content (AvgIpc) is 2.57. The number of hydrogen-bond acceptors (Lipinski definition) is 5. The van der Waals surface area contributed by atoms with Crippen molar-refractivity contribution in [3.63, 3.8) is 0 Å². The molecule has 0 aromatic heterocycles. The van der Waals surface area contributed by atoms with Gasteiger partial charge in [-0.1, -0.05) is 20.8 Å². The Labute approximate surface area is 163 Å². The summed E-state index contributed by atoms with van der Waals surface area (Å²) in [7, 11) is -1.80. The minimum absolute atomic E-state index is 0. The largest absolute Gasteiger partial charge is 0.384 e. The van der Waals surface area contributed by atoms with Gasteiger partial charge in [0.15, 0.2) is 0 Å².